The molecule has 9 heteroatoms. The van der Waals surface area contributed by atoms with Gasteiger partial charge in [0.05, 0.1) is 12.0 Å². The van der Waals surface area contributed by atoms with Gasteiger partial charge in [0.15, 0.2) is 6.61 Å². The molecule has 9 nitrogen and oxygen atoms in total. The van der Waals surface area contributed by atoms with E-state index < -0.39 is 35.4 Å². The Balaban J connectivity index is 2.75. The van der Waals surface area contributed by atoms with Crippen LogP contribution in [0.15, 0.2) is 18.2 Å². The highest BCUT2D eigenvalue weighted by Crippen LogP contribution is 2.23. The number of aryl methyl sites for hydroxylation is 1. The highest BCUT2D eigenvalue weighted by molar-refractivity contribution is 5.96. The Morgan fingerprint density at radius 3 is 2.46 bits per heavy atom. The standard InChI is InChI=1S/C17H22N2O7/c1-10(2)8-13(17(22)25-4)18-14(20)9-26-16(21)12-7-5-6-11(3)15(12)19(23)24/h5-7,10,13H,8-9H2,1-4H3,(H,18,20). The second kappa shape index (κ2) is 9.50. The summed E-state index contributed by atoms with van der Waals surface area (Å²) in [5.74, 6) is -2.18. The summed E-state index contributed by atoms with van der Waals surface area (Å²) in [5, 5.41) is 13.5. The van der Waals surface area contributed by atoms with Crippen molar-refractivity contribution in [3.8, 4) is 0 Å². The third-order valence-electron chi connectivity index (χ3n) is 3.50. The Hall–Kier alpha value is -2.97. The third kappa shape index (κ3) is 5.83. The molecule has 1 rings (SSSR count). The maximum absolute atomic E-state index is 12.1. The lowest BCUT2D eigenvalue weighted by atomic mass is 10.0. The minimum atomic E-state index is -0.992. The van der Waals surface area contributed by atoms with Gasteiger partial charge in [0.2, 0.25) is 0 Å². The number of methoxy groups -OCH3 is 1. The number of hydrogen-bond acceptors (Lipinski definition) is 7. The van der Waals surface area contributed by atoms with Gasteiger partial charge >= 0.3 is 11.9 Å². The molecule has 0 fully saturated rings. The number of ether oxygens (including phenoxy) is 2. The van der Waals surface area contributed by atoms with Crippen LogP contribution in [0.5, 0.6) is 0 Å². The second-order valence-electron chi connectivity index (χ2n) is 6.08. The van der Waals surface area contributed by atoms with Crippen LogP contribution in [-0.4, -0.2) is 42.5 Å². The van der Waals surface area contributed by atoms with Crippen molar-refractivity contribution in [1.82, 2.24) is 5.32 Å². The predicted molar refractivity (Wildman–Crippen MR) is 91.5 cm³/mol. The molecular weight excluding hydrogens is 344 g/mol. The monoisotopic (exact) mass is 366 g/mol. The molecule has 1 atom stereocenters. The molecule has 0 radical (unpaired) electrons. The Kier molecular flexibility index (Phi) is 7.70. The van der Waals surface area contributed by atoms with Gasteiger partial charge in [-0.1, -0.05) is 26.0 Å². The van der Waals surface area contributed by atoms with Crippen molar-refractivity contribution in [2.75, 3.05) is 13.7 Å². The zero-order chi connectivity index (χ0) is 19.9. The van der Waals surface area contributed by atoms with Gasteiger partial charge in [0.25, 0.3) is 11.6 Å². The molecule has 0 saturated carbocycles. The molecule has 0 aliphatic heterocycles. The molecule has 0 aromatic heterocycles. The quantitative estimate of drug-likeness (QED) is 0.422. The molecule has 1 N–H and O–H groups in total. The predicted octanol–water partition coefficient (Wildman–Crippen LogP) is 1.76. The van der Waals surface area contributed by atoms with Crippen molar-refractivity contribution in [3.05, 3.63) is 39.4 Å². The van der Waals surface area contributed by atoms with E-state index in [1.807, 2.05) is 13.8 Å². The topological polar surface area (TPSA) is 125 Å². The fourth-order valence-corrected chi connectivity index (χ4v) is 2.34. The Morgan fingerprint density at radius 2 is 1.92 bits per heavy atom. The number of benzene rings is 1. The van der Waals surface area contributed by atoms with Crippen LogP contribution < -0.4 is 5.32 Å². The molecule has 0 heterocycles. The lowest BCUT2D eigenvalue weighted by molar-refractivity contribution is -0.385. The smallest absolute Gasteiger partial charge is 0.345 e. The van der Waals surface area contributed by atoms with E-state index in [1.54, 1.807) is 0 Å². The summed E-state index contributed by atoms with van der Waals surface area (Å²) in [6.45, 7) is 4.57. The van der Waals surface area contributed by atoms with Crippen LogP contribution in [0.2, 0.25) is 0 Å². The van der Waals surface area contributed by atoms with E-state index in [-0.39, 0.29) is 17.2 Å². The first kappa shape index (κ1) is 21.1. The summed E-state index contributed by atoms with van der Waals surface area (Å²) in [4.78, 5) is 46.1. The summed E-state index contributed by atoms with van der Waals surface area (Å²) in [6.07, 6.45) is 0.357. The molecule has 0 bridgehead atoms. The number of carbonyl (C=O) groups is 3. The minimum absolute atomic E-state index is 0.122. The van der Waals surface area contributed by atoms with E-state index in [0.29, 0.717) is 12.0 Å². The van der Waals surface area contributed by atoms with Gasteiger partial charge in [-0.25, -0.2) is 9.59 Å². The van der Waals surface area contributed by atoms with Crippen molar-refractivity contribution in [3.63, 3.8) is 0 Å². The normalized spacial score (nSPS) is 11.6. The Labute approximate surface area is 150 Å². The SMILES string of the molecule is COC(=O)C(CC(C)C)NC(=O)COC(=O)c1cccc(C)c1[N+](=O)[O-]. The lowest BCUT2D eigenvalue weighted by Crippen LogP contribution is -2.44. The zero-order valence-corrected chi connectivity index (χ0v) is 15.1. The number of hydrogen-bond donors (Lipinski definition) is 1. The number of nitro groups is 1. The molecule has 1 amide bonds. The van der Waals surface area contributed by atoms with Crippen LogP contribution in [0.4, 0.5) is 5.69 Å². The molecule has 0 aliphatic rings. The molecule has 0 aliphatic carbocycles. The van der Waals surface area contributed by atoms with Gasteiger partial charge in [-0.3, -0.25) is 14.9 Å². The van der Waals surface area contributed by atoms with E-state index in [1.165, 1.54) is 32.2 Å². The van der Waals surface area contributed by atoms with Crippen LogP contribution in [0.3, 0.4) is 0 Å². The Bertz CT molecular complexity index is 700. The number of carbonyl (C=O) groups excluding carboxylic acids is 3. The van der Waals surface area contributed by atoms with Gasteiger partial charge in [0.1, 0.15) is 11.6 Å². The summed E-state index contributed by atoms with van der Waals surface area (Å²) in [6, 6.07) is 3.37. The molecule has 1 aromatic rings. The number of amides is 1. The molecule has 0 spiro atoms. The van der Waals surface area contributed by atoms with Gasteiger partial charge in [0, 0.05) is 5.56 Å². The highest BCUT2D eigenvalue weighted by atomic mass is 16.6. The van der Waals surface area contributed by atoms with Crippen molar-refractivity contribution >= 4 is 23.5 Å². The molecule has 26 heavy (non-hydrogen) atoms. The van der Waals surface area contributed by atoms with Crippen molar-refractivity contribution < 1.29 is 28.8 Å². The fraction of sp³-hybridized carbons (Fsp3) is 0.471. The van der Waals surface area contributed by atoms with Crippen LogP contribution in [0, 0.1) is 23.0 Å². The molecule has 142 valence electrons. The lowest BCUT2D eigenvalue weighted by Gasteiger charge is -2.18. The number of nitrogens with zero attached hydrogens (tertiary/aromatic N) is 1. The first-order valence-electron chi connectivity index (χ1n) is 7.95. The van der Waals surface area contributed by atoms with Crippen LogP contribution >= 0.6 is 0 Å². The van der Waals surface area contributed by atoms with Gasteiger partial charge in [-0.15, -0.1) is 0 Å². The van der Waals surface area contributed by atoms with Gasteiger partial charge in [-0.05, 0) is 25.3 Å². The number of esters is 2. The summed E-state index contributed by atoms with van der Waals surface area (Å²) < 4.78 is 9.48. The van der Waals surface area contributed by atoms with E-state index in [9.17, 15) is 24.5 Å². The largest absolute Gasteiger partial charge is 0.467 e. The van der Waals surface area contributed by atoms with Gasteiger partial charge < -0.3 is 14.8 Å². The zero-order valence-electron chi connectivity index (χ0n) is 15.1. The second-order valence-corrected chi connectivity index (χ2v) is 6.08. The van der Waals surface area contributed by atoms with E-state index in [0.717, 1.165) is 0 Å². The summed E-state index contributed by atoms with van der Waals surface area (Å²) >= 11 is 0. The van der Waals surface area contributed by atoms with Crippen molar-refractivity contribution in [2.45, 2.75) is 33.2 Å². The number of para-hydroxylation sites is 1. The minimum Gasteiger partial charge on any atom is -0.467 e. The van der Waals surface area contributed by atoms with Crippen LogP contribution in [0.1, 0.15) is 36.2 Å². The third-order valence-corrected chi connectivity index (χ3v) is 3.50. The number of rotatable bonds is 8. The summed E-state index contributed by atoms with van der Waals surface area (Å²) in [7, 11) is 1.21. The first-order valence-corrected chi connectivity index (χ1v) is 7.95. The average molecular weight is 366 g/mol. The highest BCUT2D eigenvalue weighted by Gasteiger charge is 2.26. The van der Waals surface area contributed by atoms with E-state index in [2.05, 4.69) is 10.1 Å². The van der Waals surface area contributed by atoms with Crippen LogP contribution in [-0.2, 0) is 19.1 Å². The fourth-order valence-electron chi connectivity index (χ4n) is 2.34. The Morgan fingerprint density at radius 1 is 1.27 bits per heavy atom. The summed E-state index contributed by atoms with van der Waals surface area (Å²) in [5.41, 5.74) is -0.309. The van der Waals surface area contributed by atoms with E-state index >= 15 is 0 Å². The van der Waals surface area contributed by atoms with Crippen LogP contribution in [0.25, 0.3) is 0 Å². The molecule has 1 unspecified atom stereocenters. The first-order chi connectivity index (χ1) is 12.2. The van der Waals surface area contributed by atoms with E-state index in [4.69, 9.17) is 4.74 Å². The average Bonchev–Trinajstić information content (AvgIpc) is 2.57. The van der Waals surface area contributed by atoms with Crippen molar-refractivity contribution in [1.29, 1.82) is 0 Å². The van der Waals surface area contributed by atoms with Gasteiger partial charge in [-0.2, -0.15) is 0 Å². The molecule has 0 saturated heterocycles. The number of nitrogens with one attached hydrogen (secondary N) is 1. The van der Waals surface area contributed by atoms with Crippen molar-refractivity contribution in [2.24, 2.45) is 5.92 Å². The maximum Gasteiger partial charge on any atom is 0.345 e. The molecule has 1 aromatic carbocycles. The maximum atomic E-state index is 12.1. The number of nitro benzene ring substituents is 1. The molecular formula is C17H22N2O7.